The molecule has 0 saturated carbocycles. The second kappa shape index (κ2) is 10.4. The molecule has 2 aliphatic rings. The van der Waals surface area contributed by atoms with Gasteiger partial charge in [0, 0.05) is 62.8 Å². The molecule has 35 heavy (non-hydrogen) atoms. The Morgan fingerprint density at radius 3 is 2.54 bits per heavy atom. The molecule has 8 nitrogen and oxygen atoms in total. The smallest absolute Gasteiger partial charge is 0.263 e. The van der Waals surface area contributed by atoms with Crippen LogP contribution >= 0.6 is 11.6 Å². The van der Waals surface area contributed by atoms with Gasteiger partial charge in [0.15, 0.2) is 0 Å². The lowest BCUT2D eigenvalue weighted by molar-refractivity contribution is -0.131. The van der Waals surface area contributed by atoms with Crippen molar-refractivity contribution in [2.24, 2.45) is 0 Å². The lowest BCUT2D eigenvalue weighted by Crippen LogP contribution is -2.49. The van der Waals surface area contributed by atoms with E-state index in [4.69, 9.17) is 21.1 Å². The van der Waals surface area contributed by atoms with E-state index in [1.807, 2.05) is 23.1 Å². The Bertz CT molecular complexity index is 1200. The van der Waals surface area contributed by atoms with Gasteiger partial charge in [-0.3, -0.25) is 4.79 Å². The number of hydrogen-bond acceptors (Lipinski definition) is 7. The maximum atomic E-state index is 13.0. The van der Waals surface area contributed by atoms with Gasteiger partial charge in [-0.05, 0) is 50.3 Å². The fraction of sp³-hybridized carbons (Fsp3) is 0.538. The summed E-state index contributed by atoms with van der Waals surface area (Å²) in [5.41, 5.74) is 3.78. The number of nitrogens with zero attached hydrogens (tertiary/aromatic N) is 6. The summed E-state index contributed by atoms with van der Waals surface area (Å²) in [6.45, 7) is 9.12. The number of piperazine rings is 1. The highest BCUT2D eigenvalue weighted by atomic mass is 35.5. The van der Waals surface area contributed by atoms with Crippen LogP contribution in [0.15, 0.2) is 22.7 Å². The van der Waals surface area contributed by atoms with Crippen LogP contribution in [0.3, 0.4) is 0 Å². The zero-order valence-electron chi connectivity index (χ0n) is 20.6. The van der Waals surface area contributed by atoms with Crippen molar-refractivity contribution in [2.75, 3.05) is 49.1 Å². The fourth-order valence-corrected chi connectivity index (χ4v) is 5.29. The van der Waals surface area contributed by atoms with Gasteiger partial charge in [0.1, 0.15) is 17.0 Å². The standard InChI is InChI=1S/C26H33ClN6O2/c1-3-20-24-25(33-11-5-4-6-12-33)28-22(29-26(24)35-30-20)9-10-23(34)32-15-13-31(14-16-32)21-17-19(27)8-7-18(21)2/h7-8,17H,3-6,9-16H2,1-2H3. The number of aryl methyl sites for hydroxylation is 3. The Morgan fingerprint density at radius 1 is 1.03 bits per heavy atom. The summed E-state index contributed by atoms with van der Waals surface area (Å²) in [6, 6.07) is 5.97. The second-order valence-electron chi connectivity index (χ2n) is 9.47. The summed E-state index contributed by atoms with van der Waals surface area (Å²) in [5.74, 6) is 1.71. The second-order valence-corrected chi connectivity index (χ2v) is 9.91. The van der Waals surface area contributed by atoms with Gasteiger partial charge < -0.3 is 19.2 Å². The van der Waals surface area contributed by atoms with Crippen LogP contribution in [-0.4, -0.2) is 65.2 Å². The number of fused-ring (bicyclic) bond motifs is 1. The van der Waals surface area contributed by atoms with Gasteiger partial charge in [-0.15, -0.1) is 0 Å². The van der Waals surface area contributed by atoms with Crippen molar-refractivity contribution >= 4 is 40.1 Å². The monoisotopic (exact) mass is 496 g/mol. The topological polar surface area (TPSA) is 78.6 Å². The molecule has 2 aliphatic heterocycles. The summed E-state index contributed by atoms with van der Waals surface area (Å²) >= 11 is 6.20. The van der Waals surface area contributed by atoms with Gasteiger partial charge in [-0.25, -0.2) is 4.98 Å². The molecular formula is C26H33ClN6O2. The van der Waals surface area contributed by atoms with E-state index in [0.29, 0.717) is 37.5 Å². The number of benzene rings is 1. The first-order valence-corrected chi connectivity index (χ1v) is 13.1. The first-order valence-electron chi connectivity index (χ1n) is 12.7. The molecule has 186 valence electrons. The van der Waals surface area contributed by atoms with E-state index in [2.05, 4.69) is 33.8 Å². The van der Waals surface area contributed by atoms with E-state index >= 15 is 0 Å². The van der Waals surface area contributed by atoms with E-state index in [-0.39, 0.29) is 5.91 Å². The predicted octanol–water partition coefficient (Wildman–Crippen LogP) is 4.41. The maximum absolute atomic E-state index is 13.0. The number of aromatic nitrogens is 3. The van der Waals surface area contributed by atoms with E-state index in [1.54, 1.807) is 0 Å². The number of carbonyl (C=O) groups excluding carboxylic acids is 1. The van der Waals surface area contributed by atoms with Crippen LogP contribution in [-0.2, 0) is 17.6 Å². The van der Waals surface area contributed by atoms with Crippen LogP contribution in [0.25, 0.3) is 11.1 Å². The SMILES string of the molecule is CCc1noc2nc(CCC(=O)N3CCN(c4cc(Cl)ccc4C)CC3)nc(N3CCCCC3)c12. The normalized spacial score (nSPS) is 16.8. The van der Waals surface area contributed by atoms with Crippen molar-refractivity contribution < 1.29 is 9.32 Å². The summed E-state index contributed by atoms with van der Waals surface area (Å²) in [6.07, 6.45) is 5.22. The quantitative estimate of drug-likeness (QED) is 0.500. The molecule has 1 amide bonds. The van der Waals surface area contributed by atoms with E-state index in [9.17, 15) is 4.79 Å². The lowest BCUT2D eigenvalue weighted by atomic mass is 10.1. The van der Waals surface area contributed by atoms with Crippen LogP contribution in [0.1, 0.15) is 49.7 Å². The van der Waals surface area contributed by atoms with Gasteiger partial charge >= 0.3 is 0 Å². The molecular weight excluding hydrogens is 464 g/mol. The van der Waals surface area contributed by atoms with E-state index in [1.165, 1.54) is 12.0 Å². The molecule has 3 aromatic rings. The van der Waals surface area contributed by atoms with Gasteiger partial charge in [-0.2, -0.15) is 4.98 Å². The van der Waals surface area contributed by atoms with Gasteiger partial charge in [0.05, 0.1) is 5.69 Å². The Kier molecular flexibility index (Phi) is 7.09. The van der Waals surface area contributed by atoms with E-state index < -0.39 is 0 Å². The van der Waals surface area contributed by atoms with Crippen molar-refractivity contribution in [3.8, 4) is 0 Å². The van der Waals surface area contributed by atoms with Crippen LogP contribution < -0.4 is 9.80 Å². The third-order valence-corrected chi connectivity index (χ3v) is 7.37. The van der Waals surface area contributed by atoms with Crippen molar-refractivity contribution in [3.63, 3.8) is 0 Å². The number of piperidine rings is 1. The molecule has 0 aliphatic carbocycles. The summed E-state index contributed by atoms with van der Waals surface area (Å²) in [7, 11) is 0. The molecule has 5 rings (SSSR count). The maximum Gasteiger partial charge on any atom is 0.263 e. The highest BCUT2D eigenvalue weighted by Gasteiger charge is 2.25. The van der Waals surface area contributed by atoms with Crippen molar-refractivity contribution in [1.82, 2.24) is 20.0 Å². The Morgan fingerprint density at radius 2 is 1.80 bits per heavy atom. The first-order chi connectivity index (χ1) is 17.0. The molecule has 0 bridgehead atoms. The molecule has 1 aromatic carbocycles. The van der Waals surface area contributed by atoms with Crippen LogP contribution in [0.5, 0.6) is 0 Å². The first kappa shape index (κ1) is 23.9. The largest absolute Gasteiger partial charge is 0.368 e. The molecule has 2 saturated heterocycles. The number of halogens is 1. The highest BCUT2D eigenvalue weighted by Crippen LogP contribution is 2.30. The van der Waals surface area contributed by atoms with Crippen molar-refractivity contribution in [3.05, 3.63) is 40.3 Å². The third-order valence-electron chi connectivity index (χ3n) is 7.13. The summed E-state index contributed by atoms with van der Waals surface area (Å²) < 4.78 is 5.57. The zero-order chi connectivity index (χ0) is 24.4. The van der Waals surface area contributed by atoms with Crippen LogP contribution in [0.4, 0.5) is 11.5 Å². The molecule has 2 fully saturated rings. The highest BCUT2D eigenvalue weighted by molar-refractivity contribution is 6.30. The Labute approximate surface area is 211 Å². The van der Waals surface area contributed by atoms with E-state index in [0.717, 1.165) is 73.0 Å². The average Bonchev–Trinajstić information content (AvgIpc) is 3.32. The summed E-state index contributed by atoms with van der Waals surface area (Å²) in [4.78, 5) is 29.1. The Balaban J connectivity index is 1.25. The number of rotatable bonds is 6. The van der Waals surface area contributed by atoms with Gasteiger partial charge in [0.2, 0.25) is 5.91 Å². The van der Waals surface area contributed by atoms with Crippen molar-refractivity contribution in [2.45, 2.75) is 52.4 Å². The minimum atomic E-state index is 0.141. The molecule has 0 radical (unpaired) electrons. The third kappa shape index (κ3) is 5.08. The minimum Gasteiger partial charge on any atom is -0.368 e. The summed E-state index contributed by atoms with van der Waals surface area (Å²) in [5, 5.41) is 5.90. The van der Waals surface area contributed by atoms with Crippen LogP contribution in [0, 0.1) is 6.92 Å². The van der Waals surface area contributed by atoms with Gasteiger partial charge in [0.25, 0.3) is 5.71 Å². The van der Waals surface area contributed by atoms with Crippen LogP contribution in [0.2, 0.25) is 5.02 Å². The lowest BCUT2D eigenvalue weighted by Gasteiger charge is -2.37. The predicted molar refractivity (Wildman–Crippen MR) is 138 cm³/mol. The molecule has 0 spiro atoms. The number of carbonyl (C=O) groups is 1. The van der Waals surface area contributed by atoms with Crippen molar-refractivity contribution in [1.29, 1.82) is 0 Å². The molecule has 2 aromatic heterocycles. The molecule has 9 heteroatoms. The molecule has 0 N–H and O–H groups in total. The Hall–Kier alpha value is -2.87. The average molecular weight is 497 g/mol. The number of hydrogen-bond donors (Lipinski definition) is 0. The minimum absolute atomic E-state index is 0.141. The van der Waals surface area contributed by atoms with Gasteiger partial charge in [-0.1, -0.05) is 29.7 Å². The fourth-order valence-electron chi connectivity index (χ4n) is 5.12. The molecule has 0 atom stereocenters. The molecule has 0 unspecified atom stereocenters. The molecule has 4 heterocycles. The zero-order valence-corrected chi connectivity index (χ0v) is 21.4. The number of amides is 1. The number of anilines is 2.